The number of benzene rings is 2. The van der Waals surface area contributed by atoms with Gasteiger partial charge in [-0.05, 0) is 55.2 Å². The van der Waals surface area contributed by atoms with Gasteiger partial charge in [0.15, 0.2) is 6.10 Å². The third-order valence-electron chi connectivity index (χ3n) is 5.52. The van der Waals surface area contributed by atoms with Gasteiger partial charge < -0.3 is 19.3 Å². The summed E-state index contributed by atoms with van der Waals surface area (Å²) in [7, 11) is 1.62. The molecule has 0 saturated carbocycles. The van der Waals surface area contributed by atoms with Gasteiger partial charge in [0.05, 0.1) is 19.3 Å². The third-order valence-corrected chi connectivity index (χ3v) is 5.52. The van der Waals surface area contributed by atoms with Crippen LogP contribution < -0.4 is 14.4 Å². The Labute approximate surface area is 176 Å². The van der Waals surface area contributed by atoms with Crippen molar-refractivity contribution in [3.63, 3.8) is 0 Å². The Morgan fingerprint density at radius 1 is 1.03 bits per heavy atom. The molecule has 156 valence electrons. The monoisotopic (exact) mass is 406 g/mol. The van der Waals surface area contributed by atoms with E-state index < -0.39 is 6.10 Å². The fourth-order valence-corrected chi connectivity index (χ4v) is 3.86. The molecule has 1 fully saturated rings. The van der Waals surface area contributed by atoms with E-state index in [1.807, 2.05) is 47.4 Å². The van der Waals surface area contributed by atoms with Crippen LogP contribution in [0.5, 0.6) is 11.5 Å². The number of fused-ring (bicyclic) bond motifs is 1. The van der Waals surface area contributed by atoms with Crippen LogP contribution in [0.2, 0.25) is 0 Å². The largest absolute Gasteiger partial charge is 0.497 e. The van der Waals surface area contributed by atoms with E-state index in [-0.39, 0.29) is 18.4 Å². The summed E-state index contributed by atoms with van der Waals surface area (Å²) in [5.74, 6) is 1.10. The lowest BCUT2D eigenvalue weighted by Crippen LogP contribution is -2.52. The van der Waals surface area contributed by atoms with Gasteiger partial charge in [0.1, 0.15) is 11.5 Å². The topological polar surface area (TPSA) is 59.1 Å². The molecule has 2 amide bonds. The maximum absolute atomic E-state index is 13.0. The van der Waals surface area contributed by atoms with Crippen LogP contribution >= 0.6 is 0 Å². The first-order valence-electron chi connectivity index (χ1n) is 10.3. The molecule has 2 heterocycles. The average molecular weight is 406 g/mol. The van der Waals surface area contributed by atoms with E-state index in [4.69, 9.17) is 9.47 Å². The molecule has 4 rings (SSSR count). The first-order valence-corrected chi connectivity index (χ1v) is 10.3. The molecule has 6 nitrogen and oxygen atoms in total. The Hall–Kier alpha value is -3.28. The van der Waals surface area contributed by atoms with Crippen LogP contribution in [0.15, 0.2) is 54.6 Å². The smallest absolute Gasteiger partial charge is 0.265 e. The summed E-state index contributed by atoms with van der Waals surface area (Å²) in [5.41, 5.74) is 1.58. The second-order valence-corrected chi connectivity index (χ2v) is 7.52. The van der Waals surface area contributed by atoms with Crippen molar-refractivity contribution >= 4 is 23.6 Å². The van der Waals surface area contributed by atoms with E-state index in [1.165, 1.54) is 6.08 Å². The predicted molar refractivity (Wildman–Crippen MR) is 116 cm³/mol. The second-order valence-electron chi connectivity index (χ2n) is 7.52. The Balaban J connectivity index is 1.53. The van der Waals surface area contributed by atoms with E-state index in [1.54, 1.807) is 24.2 Å². The molecule has 30 heavy (non-hydrogen) atoms. The highest BCUT2D eigenvalue weighted by molar-refractivity contribution is 6.05. The first kappa shape index (κ1) is 20.0. The molecule has 0 unspecified atom stereocenters. The summed E-state index contributed by atoms with van der Waals surface area (Å²) in [5, 5.41) is 0. The summed E-state index contributed by atoms with van der Waals surface area (Å²) in [4.78, 5) is 29.5. The zero-order valence-corrected chi connectivity index (χ0v) is 17.1. The number of rotatable bonds is 4. The van der Waals surface area contributed by atoms with Gasteiger partial charge in [0.25, 0.3) is 11.8 Å². The summed E-state index contributed by atoms with van der Waals surface area (Å²) >= 11 is 0. The average Bonchev–Trinajstić information content (AvgIpc) is 2.82. The molecule has 2 aliphatic rings. The summed E-state index contributed by atoms with van der Waals surface area (Å²) in [6.45, 7) is 1.72. The fraction of sp³-hybridized carbons (Fsp3) is 0.333. The molecule has 0 N–H and O–H groups in total. The van der Waals surface area contributed by atoms with Gasteiger partial charge in [0, 0.05) is 19.2 Å². The highest BCUT2D eigenvalue weighted by Crippen LogP contribution is 2.34. The number of para-hydroxylation sites is 2. The number of piperidine rings is 1. The maximum atomic E-state index is 13.0. The van der Waals surface area contributed by atoms with E-state index in [9.17, 15) is 9.59 Å². The van der Waals surface area contributed by atoms with Gasteiger partial charge in [0.2, 0.25) is 0 Å². The van der Waals surface area contributed by atoms with Crippen LogP contribution in [0, 0.1) is 0 Å². The molecule has 0 aliphatic carbocycles. The molecule has 0 bridgehead atoms. The van der Waals surface area contributed by atoms with Crippen molar-refractivity contribution in [2.24, 2.45) is 0 Å². The fourth-order valence-electron chi connectivity index (χ4n) is 3.86. The quantitative estimate of drug-likeness (QED) is 0.729. The zero-order chi connectivity index (χ0) is 20.9. The number of nitrogens with zero attached hydrogens (tertiary/aromatic N) is 2. The summed E-state index contributed by atoms with van der Waals surface area (Å²) < 4.78 is 11.2. The highest BCUT2D eigenvalue weighted by Gasteiger charge is 2.35. The zero-order valence-electron chi connectivity index (χ0n) is 17.1. The molecule has 2 aromatic carbocycles. The highest BCUT2D eigenvalue weighted by atomic mass is 16.5. The van der Waals surface area contributed by atoms with Crippen LogP contribution in [0.1, 0.15) is 24.8 Å². The van der Waals surface area contributed by atoms with E-state index in [0.29, 0.717) is 11.4 Å². The Kier molecular flexibility index (Phi) is 6.02. The van der Waals surface area contributed by atoms with Gasteiger partial charge in [-0.3, -0.25) is 9.59 Å². The summed E-state index contributed by atoms with van der Waals surface area (Å²) in [6, 6.07) is 14.8. The predicted octanol–water partition coefficient (Wildman–Crippen LogP) is 3.52. The minimum atomic E-state index is -0.684. The SMILES string of the molecule is COc1ccc(/C=C/C(=O)N2C[C@H](C(=O)N3CCCCC3)Oc3ccccc32)cc1. The van der Waals surface area contributed by atoms with Crippen LogP contribution in [-0.4, -0.2) is 49.6 Å². The van der Waals surface area contributed by atoms with E-state index >= 15 is 0 Å². The van der Waals surface area contributed by atoms with E-state index in [2.05, 4.69) is 0 Å². The number of hydrogen-bond donors (Lipinski definition) is 0. The number of hydrogen-bond acceptors (Lipinski definition) is 4. The Morgan fingerprint density at radius 3 is 2.50 bits per heavy atom. The van der Waals surface area contributed by atoms with Crippen LogP contribution in [0.3, 0.4) is 0 Å². The lowest BCUT2D eigenvalue weighted by Gasteiger charge is -2.37. The van der Waals surface area contributed by atoms with Crippen LogP contribution in [-0.2, 0) is 9.59 Å². The van der Waals surface area contributed by atoms with Crippen molar-refractivity contribution in [1.29, 1.82) is 0 Å². The number of likely N-dealkylation sites (tertiary alicyclic amines) is 1. The maximum Gasteiger partial charge on any atom is 0.265 e. The molecular weight excluding hydrogens is 380 g/mol. The van der Waals surface area contributed by atoms with Crippen molar-refractivity contribution in [1.82, 2.24) is 4.90 Å². The first-order chi connectivity index (χ1) is 14.7. The number of anilines is 1. The molecule has 6 heteroatoms. The Morgan fingerprint density at radius 2 is 1.77 bits per heavy atom. The number of methoxy groups -OCH3 is 1. The van der Waals surface area contributed by atoms with Crippen molar-refractivity contribution in [2.75, 3.05) is 31.6 Å². The van der Waals surface area contributed by atoms with Crippen molar-refractivity contribution in [3.8, 4) is 11.5 Å². The lowest BCUT2D eigenvalue weighted by molar-refractivity contribution is -0.139. The minimum Gasteiger partial charge on any atom is -0.497 e. The molecule has 2 aromatic rings. The van der Waals surface area contributed by atoms with Crippen molar-refractivity contribution in [2.45, 2.75) is 25.4 Å². The van der Waals surface area contributed by atoms with Gasteiger partial charge in [-0.15, -0.1) is 0 Å². The normalized spacial score (nSPS) is 18.6. The molecule has 1 atom stereocenters. The Bertz CT molecular complexity index is 932. The molecule has 0 aromatic heterocycles. The van der Waals surface area contributed by atoms with Crippen LogP contribution in [0.25, 0.3) is 6.08 Å². The van der Waals surface area contributed by atoms with Gasteiger partial charge in [-0.25, -0.2) is 0 Å². The van der Waals surface area contributed by atoms with Gasteiger partial charge in [-0.1, -0.05) is 24.3 Å². The van der Waals surface area contributed by atoms with Gasteiger partial charge >= 0.3 is 0 Å². The van der Waals surface area contributed by atoms with E-state index in [0.717, 1.165) is 43.7 Å². The molecular formula is C24H26N2O4. The molecule has 0 spiro atoms. The third kappa shape index (κ3) is 4.32. The standard InChI is InChI=1S/C24H26N2O4/c1-29-19-12-9-18(10-13-19)11-14-23(27)26-17-22(24(28)25-15-5-2-6-16-25)30-21-8-4-3-7-20(21)26/h3-4,7-14,22H,2,5-6,15-17H2,1H3/b14-11+/t22-/m1/s1. The lowest BCUT2D eigenvalue weighted by atomic mass is 10.1. The van der Waals surface area contributed by atoms with Crippen molar-refractivity contribution in [3.05, 3.63) is 60.2 Å². The number of amides is 2. The second kappa shape index (κ2) is 9.03. The minimum absolute atomic E-state index is 0.0406. The number of carbonyl (C=O) groups excluding carboxylic acids is 2. The molecule has 0 radical (unpaired) electrons. The molecule has 2 aliphatic heterocycles. The number of ether oxygens (including phenoxy) is 2. The van der Waals surface area contributed by atoms with Gasteiger partial charge in [-0.2, -0.15) is 0 Å². The summed E-state index contributed by atoms with van der Waals surface area (Å²) in [6.07, 6.45) is 5.80. The van der Waals surface area contributed by atoms with Crippen molar-refractivity contribution < 1.29 is 19.1 Å². The number of carbonyl (C=O) groups is 2. The van der Waals surface area contributed by atoms with Crippen LogP contribution in [0.4, 0.5) is 5.69 Å². The molecule has 1 saturated heterocycles.